The summed E-state index contributed by atoms with van der Waals surface area (Å²) in [5.41, 5.74) is 0. The molecule has 0 aliphatic heterocycles. The standard InChI is InChI=1S/C4H9F2O4P/c5-4(6,1-2-7)3-11(8,9)10/h7H,1-3H2,(H2,8,9,10). The van der Waals surface area contributed by atoms with Crippen molar-refractivity contribution >= 4 is 7.60 Å². The summed E-state index contributed by atoms with van der Waals surface area (Å²) < 4.78 is 34.6. The van der Waals surface area contributed by atoms with Crippen LogP contribution in [0.1, 0.15) is 6.42 Å². The molecule has 0 rings (SSSR count). The summed E-state index contributed by atoms with van der Waals surface area (Å²) >= 11 is 0. The lowest BCUT2D eigenvalue weighted by Gasteiger charge is -2.14. The molecule has 0 heterocycles. The summed E-state index contributed by atoms with van der Waals surface area (Å²) in [4.78, 5) is 16.3. The summed E-state index contributed by atoms with van der Waals surface area (Å²) in [6.07, 6.45) is -2.42. The van der Waals surface area contributed by atoms with E-state index < -0.39 is 32.7 Å². The van der Waals surface area contributed by atoms with Crippen LogP contribution in [0.15, 0.2) is 0 Å². The molecule has 0 radical (unpaired) electrons. The van der Waals surface area contributed by atoms with Gasteiger partial charge >= 0.3 is 7.60 Å². The normalized spacial score (nSPS) is 13.5. The Balaban J connectivity index is 4.02. The average molecular weight is 190 g/mol. The fourth-order valence-corrected chi connectivity index (χ4v) is 1.30. The minimum absolute atomic E-state index is 0.785. The Hall–Kier alpha value is -0.0300. The molecule has 68 valence electrons. The number of aliphatic hydroxyl groups excluding tert-OH is 1. The maximum Gasteiger partial charge on any atom is 0.331 e. The Kier molecular flexibility index (Phi) is 3.57. The van der Waals surface area contributed by atoms with E-state index in [1.54, 1.807) is 0 Å². The largest absolute Gasteiger partial charge is 0.396 e. The van der Waals surface area contributed by atoms with Crippen LogP contribution in [0.2, 0.25) is 0 Å². The molecule has 4 nitrogen and oxygen atoms in total. The number of alkyl halides is 2. The summed E-state index contributed by atoms with van der Waals surface area (Å²) in [5, 5.41) is 8.07. The van der Waals surface area contributed by atoms with E-state index in [1.807, 2.05) is 0 Å². The molecule has 0 aromatic carbocycles. The molecule has 0 unspecified atom stereocenters. The van der Waals surface area contributed by atoms with Crippen LogP contribution in [0, 0.1) is 0 Å². The Morgan fingerprint density at radius 2 is 1.82 bits per heavy atom. The minimum Gasteiger partial charge on any atom is -0.396 e. The molecule has 0 saturated carbocycles. The molecule has 0 aliphatic carbocycles. The van der Waals surface area contributed by atoms with Crippen molar-refractivity contribution in [3.05, 3.63) is 0 Å². The van der Waals surface area contributed by atoms with Gasteiger partial charge in [-0.2, -0.15) is 0 Å². The van der Waals surface area contributed by atoms with Gasteiger partial charge in [0, 0.05) is 13.0 Å². The first-order valence-electron chi connectivity index (χ1n) is 2.80. The molecule has 0 atom stereocenters. The third-order valence-electron chi connectivity index (χ3n) is 0.915. The van der Waals surface area contributed by atoms with Gasteiger partial charge < -0.3 is 14.9 Å². The van der Waals surface area contributed by atoms with Crippen LogP contribution in [0.25, 0.3) is 0 Å². The fourth-order valence-electron chi connectivity index (χ4n) is 0.544. The van der Waals surface area contributed by atoms with Gasteiger partial charge in [0.1, 0.15) is 6.16 Å². The molecule has 0 saturated heterocycles. The maximum atomic E-state index is 12.3. The van der Waals surface area contributed by atoms with Crippen molar-refractivity contribution in [2.24, 2.45) is 0 Å². The van der Waals surface area contributed by atoms with Crippen molar-refractivity contribution in [2.75, 3.05) is 12.8 Å². The van der Waals surface area contributed by atoms with E-state index >= 15 is 0 Å². The molecular formula is C4H9F2O4P. The monoisotopic (exact) mass is 190 g/mol. The van der Waals surface area contributed by atoms with E-state index in [2.05, 4.69) is 0 Å². The molecule has 0 aromatic rings. The molecule has 3 N–H and O–H groups in total. The highest BCUT2D eigenvalue weighted by Crippen LogP contribution is 2.41. The third-order valence-corrected chi connectivity index (χ3v) is 1.79. The Bertz CT molecular complexity index is 165. The van der Waals surface area contributed by atoms with E-state index in [4.69, 9.17) is 14.9 Å². The number of rotatable bonds is 4. The summed E-state index contributed by atoms with van der Waals surface area (Å²) in [6, 6.07) is 0. The summed E-state index contributed by atoms with van der Waals surface area (Å²) in [5.74, 6) is -3.48. The van der Waals surface area contributed by atoms with E-state index in [-0.39, 0.29) is 0 Å². The van der Waals surface area contributed by atoms with E-state index in [1.165, 1.54) is 0 Å². The van der Waals surface area contributed by atoms with Gasteiger partial charge in [0.05, 0.1) is 0 Å². The molecule has 0 amide bonds. The minimum atomic E-state index is -4.68. The zero-order valence-corrected chi connectivity index (χ0v) is 6.47. The lowest BCUT2D eigenvalue weighted by molar-refractivity contribution is -0.00249. The van der Waals surface area contributed by atoms with Gasteiger partial charge in [-0.1, -0.05) is 0 Å². The Morgan fingerprint density at radius 1 is 1.36 bits per heavy atom. The van der Waals surface area contributed by atoms with Gasteiger partial charge in [-0.05, 0) is 0 Å². The van der Waals surface area contributed by atoms with Crippen LogP contribution in [-0.2, 0) is 4.57 Å². The van der Waals surface area contributed by atoms with E-state index in [0.717, 1.165) is 0 Å². The van der Waals surface area contributed by atoms with Crippen molar-refractivity contribution in [2.45, 2.75) is 12.3 Å². The van der Waals surface area contributed by atoms with Crippen molar-refractivity contribution < 1.29 is 28.2 Å². The van der Waals surface area contributed by atoms with Crippen molar-refractivity contribution in [3.8, 4) is 0 Å². The molecule has 0 aromatic heterocycles. The average Bonchev–Trinajstić information content (AvgIpc) is 1.55. The topological polar surface area (TPSA) is 77.8 Å². The molecule has 11 heavy (non-hydrogen) atoms. The second kappa shape index (κ2) is 3.58. The van der Waals surface area contributed by atoms with Crippen LogP contribution in [0.4, 0.5) is 8.78 Å². The highest BCUT2D eigenvalue weighted by Gasteiger charge is 2.36. The number of hydrogen-bond donors (Lipinski definition) is 3. The SMILES string of the molecule is O=P(O)(O)CC(F)(F)CCO. The van der Waals surface area contributed by atoms with Gasteiger partial charge in [-0.15, -0.1) is 0 Å². The first-order chi connectivity index (χ1) is 4.77. The van der Waals surface area contributed by atoms with E-state index in [9.17, 15) is 13.3 Å². The fraction of sp³-hybridized carbons (Fsp3) is 1.00. The molecule has 0 spiro atoms. The molecule has 0 aliphatic rings. The summed E-state index contributed by atoms with van der Waals surface area (Å²) in [7, 11) is -4.68. The lowest BCUT2D eigenvalue weighted by Crippen LogP contribution is -2.22. The predicted octanol–water partition coefficient (Wildman–Crippen LogP) is 0.182. The molecule has 7 heteroatoms. The number of halogens is 2. The number of aliphatic hydroxyl groups is 1. The van der Waals surface area contributed by atoms with Crippen LogP contribution < -0.4 is 0 Å². The van der Waals surface area contributed by atoms with Crippen molar-refractivity contribution in [3.63, 3.8) is 0 Å². The van der Waals surface area contributed by atoms with Crippen molar-refractivity contribution in [1.29, 1.82) is 0 Å². The van der Waals surface area contributed by atoms with Gasteiger partial charge in [-0.25, -0.2) is 8.78 Å². The van der Waals surface area contributed by atoms with Gasteiger partial charge in [0.25, 0.3) is 5.92 Å². The van der Waals surface area contributed by atoms with Crippen molar-refractivity contribution in [1.82, 2.24) is 0 Å². The first-order valence-corrected chi connectivity index (χ1v) is 4.60. The zero-order valence-electron chi connectivity index (χ0n) is 5.57. The Morgan fingerprint density at radius 3 is 2.09 bits per heavy atom. The molecule has 0 fully saturated rings. The van der Waals surface area contributed by atoms with Crippen LogP contribution in [0.5, 0.6) is 0 Å². The van der Waals surface area contributed by atoms with Crippen LogP contribution >= 0.6 is 7.60 Å². The van der Waals surface area contributed by atoms with Crippen LogP contribution in [-0.4, -0.2) is 33.6 Å². The number of hydrogen-bond acceptors (Lipinski definition) is 2. The van der Waals surface area contributed by atoms with E-state index in [0.29, 0.717) is 0 Å². The zero-order chi connectivity index (χ0) is 9.12. The highest BCUT2D eigenvalue weighted by molar-refractivity contribution is 7.51. The lowest BCUT2D eigenvalue weighted by atomic mass is 10.3. The second-order valence-electron chi connectivity index (χ2n) is 2.15. The first kappa shape index (κ1) is 11.0. The molecular weight excluding hydrogens is 181 g/mol. The van der Waals surface area contributed by atoms with Gasteiger partial charge in [0.2, 0.25) is 0 Å². The Labute approximate surface area is 62.0 Å². The maximum absolute atomic E-state index is 12.3. The third kappa shape index (κ3) is 6.37. The second-order valence-corrected chi connectivity index (χ2v) is 3.80. The predicted molar refractivity (Wildman–Crippen MR) is 33.6 cm³/mol. The van der Waals surface area contributed by atoms with Gasteiger partial charge in [0.15, 0.2) is 0 Å². The summed E-state index contributed by atoms with van der Waals surface area (Å²) in [6.45, 7) is -0.785. The smallest absolute Gasteiger partial charge is 0.331 e. The molecule has 0 bridgehead atoms. The highest BCUT2D eigenvalue weighted by atomic mass is 31.2. The quantitative estimate of drug-likeness (QED) is 0.552. The van der Waals surface area contributed by atoms with Crippen LogP contribution in [0.3, 0.4) is 0 Å². The van der Waals surface area contributed by atoms with Gasteiger partial charge in [-0.3, -0.25) is 4.57 Å².